The predicted molar refractivity (Wildman–Crippen MR) is 90.3 cm³/mol. The van der Waals surface area contributed by atoms with Gasteiger partial charge in [-0.3, -0.25) is 0 Å². The van der Waals surface area contributed by atoms with E-state index in [1.807, 2.05) is 24.3 Å². The van der Waals surface area contributed by atoms with Crippen LogP contribution in [-0.4, -0.2) is 26.4 Å². The fourth-order valence-corrected chi connectivity index (χ4v) is 4.94. The summed E-state index contributed by atoms with van der Waals surface area (Å²) in [5.74, 6) is 0.0444. The Hall–Kier alpha value is -1.63. The first-order valence-corrected chi connectivity index (χ1v) is 9.36. The van der Waals surface area contributed by atoms with Crippen LogP contribution in [0.5, 0.6) is 5.75 Å². The van der Waals surface area contributed by atoms with Crippen molar-refractivity contribution in [2.45, 2.75) is 23.8 Å². The van der Waals surface area contributed by atoms with Gasteiger partial charge in [0.25, 0.3) is 0 Å². The number of nitrogens with zero attached hydrogens (tertiary/aromatic N) is 1. The van der Waals surface area contributed by atoms with Gasteiger partial charge >= 0.3 is 0 Å². The third kappa shape index (κ3) is 3.14. The largest absolute Gasteiger partial charge is 0.497 e. The SMILES string of the molecule is COc1cccc(C2CCCN2S(=O)(=O)c2ccc(F)c(Cl)c2)c1. The lowest BCUT2D eigenvalue weighted by Crippen LogP contribution is -2.30. The molecule has 7 heteroatoms. The Morgan fingerprint density at radius 1 is 1.25 bits per heavy atom. The molecular formula is C17H17ClFNO3S. The van der Waals surface area contributed by atoms with Crippen molar-refractivity contribution in [3.8, 4) is 5.75 Å². The molecule has 1 fully saturated rings. The van der Waals surface area contributed by atoms with Crippen LogP contribution in [-0.2, 0) is 10.0 Å². The number of sulfonamides is 1. The molecule has 0 aliphatic carbocycles. The van der Waals surface area contributed by atoms with Crippen LogP contribution >= 0.6 is 11.6 Å². The number of rotatable bonds is 4. The summed E-state index contributed by atoms with van der Waals surface area (Å²) < 4.78 is 45.9. The van der Waals surface area contributed by atoms with E-state index in [9.17, 15) is 12.8 Å². The Morgan fingerprint density at radius 3 is 2.75 bits per heavy atom. The lowest BCUT2D eigenvalue weighted by atomic mass is 10.1. The van der Waals surface area contributed by atoms with Gasteiger partial charge in [0.05, 0.1) is 23.1 Å². The van der Waals surface area contributed by atoms with Gasteiger partial charge in [-0.25, -0.2) is 12.8 Å². The normalized spacial score (nSPS) is 18.7. The first-order chi connectivity index (χ1) is 11.4. The van der Waals surface area contributed by atoms with Crippen molar-refractivity contribution in [2.75, 3.05) is 13.7 Å². The number of hydrogen-bond acceptors (Lipinski definition) is 3. The van der Waals surface area contributed by atoms with E-state index in [-0.39, 0.29) is 16.0 Å². The molecule has 0 radical (unpaired) electrons. The minimum atomic E-state index is -3.75. The standard InChI is InChI=1S/C17H17ClFNO3S/c1-23-13-5-2-4-12(10-13)17-6-3-9-20(17)24(21,22)14-7-8-16(19)15(18)11-14/h2,4-5,7-8,10-11,17H,3,6,9H2,1H3. The molecular weight excluding hydrogens is 353 g/mol. The number of methoxy groups -OCH3 is 1. The summed E-state index contributed by atoms with van der Waals surface area (Å²) >= 11 is 5.75. The van der Waals surface area contributed by atoms with Crippen molar-refractivity contribution in [1.29, 1.82) is 0 Å². The zero-order chi connectivity index (χ0) is 17.3. The van der Waals surface area contributed by atoms with Crippen LogP contribution in [0, 0.1) is 5.82 Å². The van der Waals surface area contributed by atoms with Gasteiger partial charge in [-0.2, -0.15) is 4.31 Å². The molecule has 0 spiro atoms. The van der Waals surface area contributed by atoms with Crippen molar-refractivity contribution in [3.63, 3.8) is 0 Å². The van der Waals surface area contributed by atoms with Gasteiger partial charge in [0.2, 0.25) is 10.0 Å². The first-order valence-electron chi connectivity index (χ1n) is 7.54. The third-order valence-corrected chi connectivity index (χ3v) is 6.37. The third-order valence-electron chi connectivity index (χ3n) is 4.18. The van der Waals surface area contributed by atoms with Gasteiger partial charge in [-0.1, -0.05) is 23.7 Å². The van der Waals surface area contributed by atoms with Crippen LogP contribution < -0.4 is 4.74 Å². The van der Waals surface area contributed by atoms with E-state index in [1.54, 1.807) is 7.11 Å². The van der Waals surface area contributed by atoms with Crippen molar-refractivity contribution >= 4 is 21.6 Å². The van der Waals surface area contributed by atoms with Gasteiger partial charge < -0.3 is 4.74 Å². The van der Waals surface area contributed by atoms with E-state index in [1.165, 1.54) is 10.4 Å². The van der Waals surface area contributed by atoms with Crippen molar-refractivity contribution in [2.24, 2.45) is 0 Å². The molecule has 2 aromatic rings. The number of hydrogen-bond donors (Lipinski definition) is 0. The van der Waals surface area contributed by atoms with Crippen LogP contribution in [0.4, 0.5) is 4.39 Å². The van der Waals surface area contributed by atoms with Crippen LogP contribution in [0.2, 0.25) is 5.02 Å². The highest BCUT2D eigenvalue weighted by Crippen LogP contribution is 2.38. The highest BCUT2D eigenvalue weighted by molar-refractivity contribution is 7.89. The molecule has 24 heavy (non-hydrogen) atoms. The molecule has 1 unspecified atom stereocenters. The molecule has 4 nitrogen and oxygen atoms in total. The highest BCUT2D eigenvalue weighted by Gasteiger charge is 2.36. The average molecular weight is 370 g/mol. The lowest BCUT2D eigenvalue weighted by molar-refractivity contribution is 0.390. The van der Waals surface area contributed by atoms with Gasteiger partial charge in [0.1, 0.15) is 11.6 Å². The zero-order valence-electron chi connectivity index (χ0n) is 13.1. The van der Waals surface area contributed by atoms with Gasteiger partial charge in [0.15, 0.2) is 0 Å². The quantitative estimate of drug-likeness (QED) is 0.817. The van der Waals surface area contributed by atoms with Gasteiger partial charge in [-0.15, -0.1) is 0 Å². The van der Waals surface area contributed by atoms with E-state index in [4.69, 9.17) is 16.3 Å². The fraction of sp³-hybridized carbons (Fsp3) is 0.294. The summed E-state index contributed by atoms with van der Waals surface area (Å²) in [6.07, 6.45) is 1.48. The summed E-state index contributed by atoms with van der Waals surface area (Å²) in [7, 11) is -2.18. The molecule has 0 amide bonds. The Kier molecular flexibility index (Phi) is 4.80. The predicted octanol–water partition coefficient (Wildman–Crippen LogP) is 4.01. The Balaban J connectivity index is 1.98. The first kappa shape index (κ1) is 17.2. The van der Waals surface area contributed by atoms with Crippen LogP contribution in [0.3, 0.4) is 0 Å². The maximum atomic E-state index is 13.3. The summed E-state index contributed by atoms with van der Waals surface area (Å²) in [5, 5.41) is -0.201. The Bertz CT molecular complexity index is 857. The Morgan fingerprint density at radius 2 is 2.04 bits per heavy atom. The van der Waals surface area contributed by atoms with Gasteiger partial charge in [0, 0.05) is 6.54 Å². The maximum Gasteiger partial charge on any atom is 0.243 e. The second-order valence-electron chi connectivity index (χ2n) is 5.63. The molecule has 1 aliphatic rings. The minimum Gasteiger partial charge on any atom is -0.497 e. The van der Waals surface area contributed by atoms with Crippen molar-refractivity contribution in [1.82, 2.24) is 4.31 Å². The molecule has 1 aliphatic heterocycles. The van der Waals surface area contributed by atoms with E-state index >= 15 is 0 Å². The molecule has 3 rings (SSSR count). The van der Waals surface area contributed by atoms with Crippen LogP contribution in [0.25, 0.3) is 0 Å². The molecule has 128 valence electrons. The molecule has 0 bridgehead atoms. The second-order valence-corrected chi connectivity index (χ2v) is 7.92. The zero-order valence-corrected chi connectivity index (χ0v) is 14.6. The Labute approximate surface area is 145 Å². The van der Waals surface area contributed by atoms with E-state index in [0.717, 1.165) is 30.5 Å². The summed E-state index contributed by atoms with van der Waals surface area (Å²) in [4.78, 5) is 0.00342. The van der Waals surface area contributed by atoms with Crippen molar-refractivity contribution < 1.29 is 17.5 Å². The van der Waals surface area contributed by atoms with E-state index < -0.39 is 15.8 Å². The highest BCUT2D eigenvalue weighted by atomic mass is 35.5. The molecule has 1 atom stereocenters. The maximum absolute atomic E-state index is 13.3. The topological polar surface area (TPSA) is 46.6 Å². The van der Waals surface area contributed by atoms with Gasteiger partial charge in [-0.05, 0) is 48.7 Å². The molecule has 0 saturated carbocycles. The second kappa shape index (κ2) is 6.70. The van der Waals surface area contributed by atoms with Crippen LogP contribution in [0.1, 0.15) is 24.4 Å². The van der Waals surface area contributed by atoms with Crippen LogP contribution in [0.15, 0.2) is 47.4 Å². The molecule has 0 aromatic heterocycles. The van der Waals surface area contributed by atoms with E-state index in [2.05, 4.69) is 0 Å². The average Bonchev–Trinajstić information content (AvgIpc) is 3.08. The fourth-order valence-electron chi connectivity index (χ4n) is 2.98. The monoisotopic (exact) mass is 369 g/mol. The molecule has 1 heterocycles. The number of benzene rings is 2. The number of halogens is 2. The summed E-state index contributed by atoms with van der Waals surface area (Å²) in [6.45, 7) is 0.416. The summed E-state index contributed by atoms with van der Waals surface area (Å²) in [6, 6.07) is 10.6. The molecule has 0 N–H and O–H groups in total. The van der Waals surface area contributed by atoms with Crippen molar-refractivity contribution in [3.05, 3.63) is 58.9 Å². The minimum absolute atomic E-state index is 0.00342. The number of ether oxygens (including phenoxy) is 1. The summed E-state index contributed by atoms with van der Waals surface area (Å²) in [5.41, 5.74) is 0.878. The lowest BCUT2D eigenvalue weighted by Gasteiger charge is -2.25. The molecule has 1 saturated heterocycles. The molecule has 2 aromatic carbocycles. The smallest absolute Gasteiger partial charge is 0.243 e. The van der Waals surface area contributed by atoms with E-state index in [0.29, 0.717) is 12.3 Å².